The number of rotatable bonds is 4. The maximum atomic E-state index is 12.2. The molecule has 0 aliphatic carbocycles. The number of aryl methyl sites for hydroxylation is 1. The average Bonchev–Trinajstić information content (AvgIpc) is 3.00. The Bertz CT molecular complexity index is 516. The number of hydrogen-bond acceptors (Lipinski definition) is 3. The Balaban J connectivity index is 2.03. The second-order valence-corrected chi connectivity index (χ2v) is 4.31. The van der Waals surface area contributed by atoms with E-state index in [1.54, 1.807) is 35.2 Å². The maximum absolute atomic E-state index is 12.2. The van der Waals surface area contributed by atoms with Crippen LogP contribution in [0.5, 0.6) is 0 Å². The Hall–Kier alpha value is -2.11. The van der Waals surface area contributed by atoms with E-state index in [9.17, 15) is 4.79 Å². The number of carbonyl (C=O) groups is 1. The molecule has 0 aliphatic rings. The van der Waals surface area contributed by atoms with Gasteiger partial charge in [0.15, 0.2) is 0 Å². The highest BCUT2D eigenvalue weighted by atomic mass is 16.2. The van der Waals surface area contributed by atoms with Crippen LogP contribution in [0.2, 0.25) is 0 Å². The molecular weight excluding hydrogens is 230 g/mol. The van der Waals surface area contributed by atoms with Crippen LogP contribution in [0.3, 0.4) is 0 Å². The monoisotopic (exact) mass is 247 g/mol. The second-order valence-electron chi connectivity index (χ2n) is 4.31. The van der Waals surface area contributed by atoms with Crippen molar-refractivity contribution < 1.29 is 4.79 Å². The van der Waals surface area contributed by atoms with Gasteiger partial charge in [0.1, 0.15) is 11.9 Å². The van der Waals surface area contributed by atoms with Crippen LogP contribution in [0.15, 0.2) is 30.9 Å². The highest BCUT2D eigenvalue weighted by Gasteiger charge is 2.20. The summed E-state index contributed by atoms with van der Waals surface area (Å²) < 4.78 is 3.56. The molecule has 6 nitrogen and oxygen atoms in total. The molecule has 0 aromatic carbocycles. The number of amides is 1. The molecule has 1 unspecified atom stereocenters. The number of carbonyl (C=O) groups excluding carboxylic acids is 1. The Morgan fingerprint density at radius 2 is 2.22 bits per heavy atom. The van der Waals surface area contributed by atoms with Gasteiger partial charge in [0, 0.05) is 38.9 Å². The lowest BCUT2D eigenvalue weighted by Gasteiger charge is -2.21. The summed E-state index contributed by atoms with van der Waals surface area (Å²) in [6, 6.07) is 1.51. The van der Waals surface area contributed by atoms with Crippen molar-refractivity contribution >= 4 is 5.91 Å². The van der Waals surface area contributed by atoms with Gasteiger partial charge in [0.05, 0.1) is 6.54 Å². The summed E-state index contributed by atoms with van der Waals surface area (Å²) in [5.41, 5.74) is 0. The summed E-state index contributed by atoms with van der Waals surface area (Å²) in [7, 11) is 3.69. The van der Waals surface area contributed by atoms with Gasteiger partial charge in [-0.3, -0.25) is 9.48 Å². The lowest BCUT2D eigenvalue weighted by Crippen LogP contribution is -2.33. The molecule has 0 fully saturated rings. The molecule has 0 radical (unpaired) electrons. The molecule has 0 spiro atoms. The minimum Gasteiger partial charge on any atom is -0.337 e. The molecule has 96 valence electrons. The van der Waals surface area contributed by atoms with Crippen molar-refractivity contribution in [1.29, 1.82) is 0 Å². The van der Waals surface area contributed by atoms with E-state index in [4.69, 9.17) is 0 Å². The predicted octanol–water partition coefficient (Wildman–Crippen LogP) is 0.836. The summed E-state index contributed by atoms with van der Waals surface area (Å²) in [5.74, 6) is 0.875. The van der Waals surface area contributed by atoms with Gasteiger partial charge in [-0.15, -0.1) is 0 Å². The first-order valence-electron chi connectivity index (χ1n) is 5.80. The van der Waals surface area contributed by atoms with Crippen LogP contribution >= 0.6 is 0 Å². The van der Waals surface area contributed by atoms with Gasteiger partial charge >= 0.3 is 0 Å². The smallest absolute Gasteiger partial charge is 0.247 e. The third-order valence-electron chi connectivity index (χ3n) is 2.95. The van der Waals surface area contributed by atoms with Gasteiger partial charge in [-0.25, -0.2) is 4.98 Å². The lowest BCUT2D eigenvalue weighted by atomic mass is 10.3. The lowest BCUT2D eigenvalue weighted by molar-refractivity contribution is -0.133. The first-order valence-corrected chi connectivity index (χ1v) is 5.80. The van der Waals surface area contributed by atoms with Crippen molar-refractivity contribution in [2.75, 3.05) is 7.05 Å². The van der Waals surface area contributed by atoms with Crippen molar-refractivity contribution in [3.8, 4) is 0 Å². The van der Waals surface area contributed by atoms with Crippen LogP contribution in [0.25, 0.3) is 0 Å². The third-order valence-corrected chi connectivity index (χ3v) is 2.95. The Morgan fingerprint density at radius 1 is 1.44 bits per heavy atom. The summed E-state index contributed by atoms with van der Waals surface area (Å²) >= 11 is 0. The number of imidazole rings is 1. The minimum atomic E-state index is -0.301. The van der Waals surface area contributed by atoms with Crippen molar-refractivity contribution in [3.63, 3.8) is 0 Å². The molecule has 6 heteroatoms. The molecule has 18 heavy (non-hydrogen) atoms. The van der Waals surface area contributed by atoms with E-state index >= 15 is 0 Å². The average molecular weight is 247 g/mol. The topological polar surface area (TPSA) is 56.0 Å². The predicted molar refractivity (Wildman–Crippen MR) is 66.6 cm³/mol. The van der Waals surface area contributed by atoms with Gasteiger partial charge < -0.3 is 9.47 Å². The van der Waals surface area contributed by atoms with Crippen LogP contribution < -0.4 is 0 Å². The summed E-state index contributed by atoms with van der Waals surface area (Å²) in [5, 5.41) is 4.08. The van der Waals surface area contributed by atoms with Crippen molar-refractivity contribution in [1.82, 2.24) is 24.2 Å². The quantitative estimate of drug-likeness (QED) is 0.804. The number of nitrogens with zero attached hydrogens (tertiary/aromatic N) is 5. The molecule has 0 saturated heterocycles. The third kappa shape index (κ3) is 2.42. The molecule has 2 aromatic rings. The van der Waals surface area contributed by atoms with Crippen LogP contribution in [-0.2, 0) is 18.4 Å². The largest absolute Gasteiger partial charge is 0.337 e. The van der Waals surface area contributed by atoms with Crippen LogP contribution in [0, 0.1) is 0 Å². The summed E-state index contributed by atoms with van der Waals surface area (Å²) in [6.07, 6.45) is 7.05. The number of hydrogen-bond donors (Lipinski definition) is 0. The van der Waals surface area contributed by atoms with Gasteiger partial charge in [-0.05, 0) is 13.0 Å². The van der Waals surface area contributed by atoms with Gasteiger partial charge in [-0.1, -0.05) is 0 Å². The van der Waals surface area contributed by atoms with Crippen molar-refractivity contribution in [2.45, 2.75) is 19.5 Å². The van der Waals surface area contributed by atoms with Crippen LogP contribution in [0.1, 0.15) is 18.8 Å². The van der Waals surface area contributed by atoms with E-state index in [0.717, 1.165) is 5.82 Å². The first kappa shape index (κ1) is 12.3. The molecule has 0 saturated carbocycles. The Labute approximate surface area is 106 Å². The van der Waals surface area contributed by atoms with E-state index in [-0.39, 0.29) is 11.9 Å². The Morgan fingerprint density at radius 3 is 2.78 bits per heavy atom. The zero-order valence-electron chi connectivity index (χ0n) is 10.8. The molecule has 2 heterocycles. The maximum Gasteiger partial charge on any atom is 0.247 e. The molecule has 1 atom stereocenters. The summed E-state index contributed by atoms with van der Waals surface area (Å²) in [4.78, 5) is 18.1. The molecule has 0 aliphatic heterocycles. The molecule has 0 bridgehead atoms. The fraction of sp³-hybridized carbons (Fsp3) is 0.417. The highest BCUT2D eigenvalue weighted by Crippen LogP contribution is 2.09. The van der Waals surface area contributed by atoms with E-state index in [1.807, 2.05) is 30.8 Å². The Kier molecular flexibility index (Phi) is 3.45. The first-order chi connectivity index (χ1) is 8.59. The van der Waals surface area contributed by atoms with E-state index in [2.05, 4.69) is 10.1 Å². The van der Waals surface area contributed by atoms with Crippen LogP contribution in [0.4, 0.5) is 0 Å². The van der Waals surface area contributed by atoms with E-state index < -0.39 is 0 Å². The van der Waals surface area contributed by atoms with Gasteiger partial charge in [-0.2, -0.15) is 5.10 Å². The minimum absolute atomic E-state index is 0.0155. The van der Waals surface area contributed by atoms with Crippen molar-refractivity contribution in [3.05, 3.63) is 36.7 Å². The SMILES string of the molecule is CC(C(=O)N(C)Cc1nccn1C)n1cccn1. The van der Waals surface area contributed by atoms with E-state index in [1.165, 1.54) is 0 Å². The standard InChI is InChI=1S/C12H17N5O/c1-10(17-7-4-5-14-17)12(18)16(3)9-11-13-6-8-15(11)2/h4-8,10H,9H2,1-3H3. The zero-order chi connectivity index (χ0) is 13.1. The zero-order valence-corrected chi connectivity index (χ0v) is 10.8. The normalized spacial score (nSPS) is 12.4. The second kappa shape index (κ2) is 5.03. The van der Waals surface area contributed by atoms with Crippen LogP contribution in [-0.4, -0.2) is 37.2 Å². The highest BCUT2D eigenvalue weighted by molar-refractivity contribution is 5.79. The van der Waals surface area contributed by atoms with E-state index in [0.29, 0.717) is 6.54 Å². The fourth-order valence-corrected chi connectivity index (χ4v) is 1.78. The number of likely N-dealkylation sites (N-methyl/N-ethyl adjacent to an activating group) is 1. The summed E-state index contributed by atoms with van der Waals surface area (Å²) in [6.45, 7) is 2.33. The molecule has 0 N–H and O–H groups in total. The number of aromatic nitrogens is 4. The molecule has 2 rings (SSSR count). The van der Waals surface area contributed by atoms with Crippen molar-refractivity contribution in [2.24, 2.45) is 7.05 Å². The molecular formula is C12H17N5O. The van der Waals surface area contributed by atoms with Gasteiger partial charge in [0.2, 0.25) is 5.91 Å². The van der Waals surface area contributed by atoms with Gasteiger partial charge in [0.25, 0.3) is 0 Å². The molecule has 2 aromatic heterocycles. The molecule has 1 amide bonds. The fourth-order valence-electron chi connectivity index (χ4n) is 1.78.